The van der Waals surface area contributed by atoms with Crippen molar-refractivity contribution in [2.75, 3.05) is 0 Å². The monoisotopic (exact) mass is 282 g/mol. The van der Waals surface area contributed by atoms with Crippen LogP contribution in [0.3, 0.4) is 0 Å². The van der Waals surface area contributed by atoms with Gasteiger partial charge in [0.15, 0.2) is 5.75 Å². The standard InChI is InChI=1S/C9H5Cl3O4/c10-4-1-2-5(9(12)8(4)11)16-7(15)3-6(13)14/h1-2H,3H2,(H,13,14). The van der Waals surface area contributed by atoms with Crippen LogP contribution in [0.4, 0.5) is 0 Å². The molecule has 16 heavy (non-hydrogen) atoms. The van der Waals surface area contributed by atoms with Crippen molar-refractivity contribution in [3.8, 4) is 5.75 Å². The maximum Gasteiger partial charge on any atom is 0.322 e. The highest BCUT2D eigenvalue weighted by Gasteiger charge is 2.15. The Bertz CT molecular complexity index is 445. The van der Waals surface area contributed by atoms with Crippen molar-refractivity contribution in [1.82, 2.24) is 0 Å². The molecule has 86 valence electrons. The summed E-state index contributed by atoms with van der Waals surface area (Å²) in [5.41, 5.74) is 0. The predicted molar refractivity (Wildman–Crippen MR) is 59.4 cm³/mol. The molecule has 1 rings (SSSR count). The maximum atomic E-state index is 11.0. The van der Waals surface area contributed by atoms with Crippen LogP contribution in [0.15, 0.2) is 12.1 Å². The van der Waals surface area contributed by atoms with Gasteiger partial charge in [-0.25, -0.2) is 0 Å². The Hall–Kier alpha value is -0.970. The Kier molecular flexibility index (Phi) is 4.41. The zero-order chi connectivity index (χ0) is 12.3. The fraction of sp³-hybridized carbons (Fsp3) is 0.111. The highest BCUT2D eigenvalue weighted by atomic mass is 35.5. The van der Waals surface area contributed by atoms with Gasteiger partial charge in [-0.3, -0.25) is 9.59 Å². The van der Waals surface area contributed by atoms with Gasteiger partial charge in [-0.2, -0.15) is 0 Å². The van der Waals surface area contributed by atoms with Crippen LogP contribution in [0.1, 0.15) is 6.42 Å². The Balaban J connectivity index is 2.86. The van der Waals surface area contributed by atoms with Gasteiger partial charge in [0.2, 0.25) is 0 Å². The summed E-state index contributed by atoms with van der Waals surface area (Å²) in [6.07, 6.45) is -0.753. The van der Waals surface area contributed by atoms with E-state index in [2.05, 4.69) is 0 Å². The van der Waals surface area contributed by atoms with Crippen LogP contribution < -0.4 is 4.74 Å². The smallest absolute Gasteiger partial charge is 0.322 e. The van der Waals surface area contributed by atoms with E-state index in [0.29, 0.717) is 0 Å². The van der Waals surface area contributed by atoms with Gasteiger partial charge in [0, 0.05) is 0 Å². The number of rotatable bonds is 3. The molecule has 1 N–H and O–H groups in total. The van der Waals surface area contributed by atoms with Crippen molar-refractivity contribution >= 4 is 46.7 Å². The van der Waals surface area contributed by atoms with E-state index in [1.54, 1.807) is 0 Å². The lowest BCUT2D eigenvalue weighted by Crippen LogP contribution is -2.13. The van der Waals surface area contributed by atoms with E-state index in [0.717, 1.165) is 0 Å². The number of ether oxygens (including phenoxy) is 1. The van der Waals surface area contributed by atoms with Gasteiger partial charge < -0.3 is 9.84 Å². The molecule has 0 aliphatic carbocycles. The third-order valence-corrected chi connectivity index (χ3v) is 2.80. The van der Waals surface area contributed by atoms with Gasteiger partial charge in [0.1, 0.15) is 11.4 Å². The fourth-order valence-corrected chi connectivity index (χ4v) is 1.43. The fourth-order valence-electron chi connectivity index (χ4n) is 0.869. The number of hydrogen-bond donors (Lipinski definition) is 1. The van der Waals surface area contributed by atoms with Crippen molar-refractivity contribution in [1.29, 1.82) is 0 Å². The largest absolute Gasteiger partial charge is 0.481 e. The summed E-state index contributed by atoms with van der Waals surface area (Å²) >= 11 is 17.1. The minimum absolute atomic E-state index is 0.0256. The minimum Gasteiger partial charge on any atom is -0.481 e. The van der Waals surface area contributed by atoms with E-state index < -0.39 is 18.4 Å². The summed E-state index contributed by atoms with van der Waals surface area (Å²) in [5.74, 6) is -2.25. The van der Waals surface area contributed by atoms with E-state index in [1.807, 2.05) is 0 Å². The van der Waals surface area contributed by atoms with Crippen LogP contribution in [0.25, 0.3) is 0 Å². The summed E-state index contributed by atoms with van der Waals surface area (Å²) in [5, 5.41) is 8.57. The van der Waals surface area contributed by atoms with E-state index in [-0.39, 0.29) is 20.8 Å². The van der Waals surface area contributed by atoms with Crippen molar-refractivity contribution in [3.05, 3.63) is 27.2 Å². The van der Waals surface area contributed by atoms with Gasteiger partial charge in [-0.1, -0.05) is 34.8 Å². The predicted octanol–water partition coefficient (Wildman–Crippen LogP) is 3.03. The average molecular weight is 283 g/mol. The molecule has 0 aliphatic heterocycles. The Morgan fingerprint density at radius 2 is 1.81 bits per heavy atom. The molecule has 0 fully saturated rings. The normalized spacial score (nSPS) is 9.94. The van der Waals surface area contributed by atoms with E-state index in [9.17, 15) is 9.59 Å². The topological polar surface area (TPSA) is 63.6 Å². The first kappa shape index (κ1) is 13.1. The van der Waals surface area contributed by atoms with Crippen molar-refractivity contribution in [2.24, 2.45) is 0 Å². The molecule has 0 bridgehead atoms. The molecule has 0 aromatic heterocycles. The van der Waals surface area contributed by atoms with Crippen LogP contribution in [0.5, 0.6) is 5.75 Å². The Morgan fingerprint density at radius 3 is 2.38 bits per heavy atom. The summed E-state index contributed by atoms with van der Waals surface area (Å²) in [4.78, 5) is 21.3. The Morgan fingerprint density at radius 1 is 1.19 bits per heavy atom. The Labute approximate surface area is 106 Å². The maximum absolute atomic E-state index is 11.0. The van der Waals surface area contributed by atoms with Crippen LogP contribution in [-0.2, 0) is 9.59 Å². The molecule has 0 amide bonds. The molecular weight excluding hydrogens is 278 g/mol. The van der Waals surface area contributed by atoms with Crippen molar-refractivity contribution in [2.45, 2.75) is 6.42 Å². The zero-order valence-electron chi connectivity index (χ0n) is 7.67. The summed E-state index contributed by atoms with van der Waals surface area (Å²) in [6, 6.07) is 2.72. The van der Waals surface area contributed by atoms with Gasteiger partial charge in [0.05, 0.1) is 10.0 Å². The average Bonchev–Trinajstić information content (AvgIpc) is 2.18. The highest BCUT2D eigenvalue weighted by molar-refractivity contribution is 6.48. The molecule has 1 aromatic rings. The lowest BCUT2D eigenvalue weighted by Gasteiger charge is -2.06. The summed E-state index contributed by atoms with van der Waals surface area (Å²) in [6.45, 7) is 0. The number of carbonyl (C=O) groups excluding carboxylic acids is 1. The molecule has 0 unspecified atom stereocenters. The highest BCUT2D eigenvalue weighted by Crippen LogP contribution is 2.37. The van der Waals surface area contributed by atoms with Crippen LogP contribution in [-0.4, -0.2) is 17.0 Å². The molecule has 4 nitrogen and oxygen atoms in total. The minimum atomic E-state index is -1.29. The number of carboxylic acid groups (broad SMARTS) is 1. The first-order valence-corrected chi connectivity index (χ1v) is 5.11. The van der Waals surface area contributed by atoms with Gasteiger partial charge in [0.25, 0.3) is 0 Å². The second-order valence-electron chi connectivity index (χ2n) is 2.72. The molecule has 0 aliphatic rings. The molecule has 1 aromatic carbocycles. The van der Waals surface area contributed by atoms with Crippen LogP contribution >= 0.6 is 34.8 Å². The number of carboxylic acids is 1. The van der Waals surface area contributed by atoms with E-state index in [4.69, 9.17) is 44.6 Å². The first-order chi connectivity index (χ1) is 7.41. The summed E-state index contributed by atoms with van der Waals surface area (Å²) < 4.78 is 4.70. The molecular formula is C9H5Cl3O4. The zero-order valence-corrected chi connectivity index (χ0v) is 9.94. The molecule has 0 radical (unpaired) electrons. The third kappa shape index (κ3) is 3.27. The summed E-state index contributed by atoms with van der Waals surface area (Å²) in [7, 11) is 0. The van der Waals surface area contributed by atoms with E-state index in [1.165, 1.54) is 12.1 Å². The number of halogens is 3. The van der Waals surface area contributed by atoms with Crippen LogP contribution in [0, 0.1) is 0 Å². The molecule has 0 saturated carbocycles. The molecule has 0 spiro atoms. The number of aliphatic carboxylic acids is 1. The van der Waals surface area contributed by atoms with E-state index >= 15 is 0 Å². The first-order valence-electron chi connectivity index (χ1n) is 3.97. The number of benzene rings is 1. The quantitative estimate of drug-likeness (QED) is 0.401. The number of hydrogen-bond acceptors (Lipinski definition) is 3. The second-order valence-corrected chi connectivity index (χ2v) is 3.88. The molecule has 0 heterocycles. The third-order valence-electron chi connectivity index (χ3n) is 1.52. The van der Waals surface area contributed by atoms with Crippen LogP contribution in [0.2, 0.25) is 15.1 Å². The van der Waals surface area contributed by atoms with Gasteiger partial charge in [-0.15, -0.1) is 0 Å². The number of esters is 1. The van der Waals surface area contributed by atoms with Gasteiger partial charge in [-0.05, 0) is 12.1 Å². The SMILES string of the molecule is O=C(O)CC(=O)Oc1ccc(Cl)c(Cl)c1Cl. The second kappa shape index (κ2) is 5.39. The van der Waals surface area contributed by atoms with Gasteiger partial charge >= 0.3 is 11.9 Å². The number of carbonyl (C=O) groups is 2. The lowest BCUT2D eigenvalue weighted by molar-refractivity contribution is -0.145. The lowest BCUT2D eigenvalue weighted by atomic mass is 10.3. The molecule has 0 saturated heterocycles. The molecule has 7 heteroatoms. The van der Waals surface area contributed by atoms with Crippen molar-refractivity contribution in [3.63, 3.8) is 0 Å². The van der Waals surface area contributed by atoms with Crippen molar-refractivity contribution < 1.29 is 19.4 Å². The molecule has 0 atom stereocenters.